The predicted molar refractivity (Wildman–Crippen MR) is 98.2 cm³/mol. The van der Waals surface area contributed by atoms with Gasteiger partial charge < -0.3 is 14.6 Å². The molecule has 1 amide bonds. The number of amides is 1. The number of ether oxygens (including phenoxy) is 1. The Kier molecular flexibility index (Phi) is 4.94. The highest BCUT2D eigenvalue weighted by atomic mass is 35.5. The fourth-order valence-corrected chi connectivity index (χ4v) is 3.73. The highest BCUT2D eigenvalue weighted by Gasteiger charge is 2.32. The smallest absolute Gasteiger partial charge is 0.266 e. The Balaban J connectivity index is 2.00. The van der Waals surface area contributed by atoms with Gasteiger partial charge in [0, 0.05) is 10.9 Å². The molecule has 25 heavy (non-hydrogen) atoms. The number of fused-ring (bicyclic) bond motifs is 1. The van der Waals surface area contributed by atoms with Crippen LogP contribution in [0.5, 0.6) is 5.75 Å². The average molecular weight is 394 g/mol. The summed E-state index contributed by atoms with van der Waals surface area (Å²) in [6.45, 7) is -0.580. The maximum Gasteiger partial charge on any atom is 0.266 e. The molecule has 0 unspecified atom stereocenters. The van der Waals surface area contributed by atoms with E-state index in [4.69, 9.17) is 28.6 Å². The number of carboxylic acid groups (broad SMARTS) is 1. The average Bonchev–Trinajstić information content (AvgIpc) is 2.82. The first kappa shape index (κ1) is 17.7. The van der Waals surface area contributed by atoms with Crippen molar-refractivity contribution in [2.75, 3.05) is 13.7 Å². The second kappa shape index (κ2) is 6.99. The van der Waals surface area contributed by atoms with Gasteiger partial charge in [0.15, 0.2) is 0 Å². The van der Waals surface area contributed by atoms with Gasteiger partial charge in [-0.25, -0.2) is 4.98 Å². The Morgan fingerprint density at radius 3 is 2.92 bits per heavy atom. The molecule has 0 saturated carbocycles. The summed E-state index contributed by atoms with van der Waals surface area (Å²) in [4.78, 5) is 28.6. The molecular weight excluding hydrogens is 384 g/mol. The maximum absolute atomic E-state index is 12.3. The number of pyridine rings is 1. The predicted octanol–water partition coefficient (Wildman–Crippen LogP) is 1.85. The van der Waals surface area contributed by atoms with E-state index in [0.717, 1.165) is 22.0 Å². The minimum absolute atomic E-state index is 0.159. The number of halogens is 1. The minimum Gasteiger partial charge on any atom is -0.548 e. The van der Waals surface area contributed by atoms with Crippen LogP contribution in [0.15, 0.2) is 29.2 Å². The van der Waals surface area contributed by atoms with E-state index < -0.39 is 18.4 Å². The number of carbonyl (C=O) groups excluding carboxylic acids is 2. The van der Waals surface area contributed by atoms with Gasteiger partial charge in [-0.3, -0.25) is 9.69 Å². The van der Waals surface area contributed by atoms with E-state index in [0.29, 0.717) is 16.8 Å². The number of thioether (sulfide) groups is 1. The number of thiocarbonyl (C=S) groups is 1. The molecule has 1 aliphatic rings. The van der Waals surface area contributed by atoms with Crippen molar-refractivity contribution in [1.82, 2.24) is 9.88 Å². The quantitative estimate of drug-likeness (QED) is 0.445. The van der Waals surface area contributed by atoms with Gasteiger partial charge in [0.2, 0.25) is 0 Å². The number of carbonyl (C=O) groups is 2. The van der Waals surface area contributed by atoms with E-state index >= 15 is 0 Å². The number of hydrogen-bond donors (Lipinski definition) is 0. The molecule has 128 valence electrons. The standard InChI is InChI=1S/C16H11ClN2O4S2/c1-23-10-2-3-11-8(5-10)4-9(14(17)18-11)6-12-15(22)19(7-13(20)21)16(24)25-12/h2-6H,7H2,1H3,(H,20,21)/p-1/b12-6-. The van der Waals surface area contributed by atoms with Crippen molar-refractivity contribution >= 4 is 68.8 Å². The van der Waals surface area contributed by atoms with E-state index in [-0.39, 0.29) is 14.4 Å². The van der Waals surface area contributed by atoms with Crippen LogP contribution in [0.25, 0.3) is 17.0 Å². The summed E-state index contributed by atoms with van der Waals surface area (Å²) in [6.07, 6.45) is 1.54. The molecule has 0 spiro atoms. The van der Waals surface area contributed by atoms with Gasteiger partial charge in [-0.2, -0.15) is 0 Å². The normalized spacial score (nSPS) is 16.1. The van der Waals surface area contributed by atoms with Crippen LogP contribution in [-0.2, 0) is 9.59 Å². The summed E-state index contributed by atoms with van der Waals surface area (Å²) < 4.78 is 5.35. The zero-order valence-electron chi connectivity index (χ0n) is 12.8. The fourth-order valence-electron chi connectivity index (χ4n) is 2.28. The van der Waals surface area contributed by atoms with Crippen molar-refractivity contribution in [1.29, 1.82) is 0 Å². The molecule has 0 N–H and O–H groups in total. The Labute approximate surface area is 157 Å². The molecular formula is C16H10ClN2O4S2-. The molecule has 0 aliphatic carbocycles. The minimum atomic E-state index is -1.38. The van der Waals surface area contributed by atoms with Crippen LogP contribution >= 0.6 is 35.6 Å². The Morgan fingerprint density at radius 2 is 2.24 bits per heavy atom. The number of methoxy groups -OCH3 is 1. The number of nitrogens with zero attached hydrogens (tertiary/aromatic N) is 2. The summed E-state index contributed by atoms with van der Waals surface area (Å²) in [5.41, 5.74) is 1.21. The van der Waals surface area contributed by atoms with E-state index in [2.05, 4.69) is 4.98 Å². The van der Waals surface area contributed by atoms with Crippen molar-refractivity contribution in [3.05, 3.63) is 39.9 Å². The Hall–Kier alpha value is -2.16. The third-order valence-electron chi connectivity index (χ3n) is 3.45. The largest absolute Gasteiger partial charge is 0.548 e. The van der Waals surface area contributed by atoms with Crippen LogP contribution in [-0.4, -0.2) is 39.7 Å². The van der Waals surface area contributed by atoms with Crippen LogP contribution < -0.4 is 9.84 Å². The molecule has 3 rings (SSSR count). The SMILES string of the molecule is COc1ccc2nc(Cl)c(/C=C3\SC(=S)N(CC(=O)[O-])C3=O)cc2c1. The van der Waals surface area contributed by atoms with E-state index in [1.165, 1.54) is 0 Å². The molecule has 2 aromatic rings. The van der Waals surface area contributed by atoms with Crippen molar-refractivity contribution in [3.8, 4) is 5.75 Å². The first-order chi connectivity index (χ1) is 11.9. The fraction of sp³-hybridized carbons (Fsp3) is 0.125. The number of aliphatic carboxylic acids is 1. The highest BCUT2D eigenvalue weighted by molar-refractivity contribution is 8.26. The zero-order chi connectivity index (χ0) is 18.1. The molecule has 0 bridgehead atoms. The number of carboxylic acids is 1. The molecule has 1 aromatic heterocycles. The first-order valence-corrected chi connectivity index (χ1v) is 8.59. The van der Waals surface area contributed by atoms with Gasteiger partial charge in [0.1, 0.15) is 15.2 Å². The third-order valence-corrected chi connectivity index (χ3v) is 5.13. The maximum atomic E-state index is 12.3. The van der Waals surface area contributed by atoms with Gasteiger partial charge in [-0.05, 0) is 30.3 Å². The van der Waals surface area contributed by atoms with Crippen LogP contribution in [0.3, 0.4) is 0 Å². The monoisotopic (exact) mass is 393 g/mol. The van der Waals surface area contributed by atoms with E-state index in [9.17, 15) is 14.7 Å². The third kappa shape index (κ3) is 3.60. The molecule has 9 heteroatoms. The van der Waals surface area contributed by atoms with Crippen molar-refractivity contribution in [2.45, 2.75) is 0 Å². The number of aromatic nitrogens is 1. The molecule has 0 radical (unpaired) electrons. The van der Waals surface area contributed by atoms with Gasteiger partial charge in [0.25, 0.3) is 5.91 Å². The molecule has 1 fully saturated rings. The molecule has 2 heterocycles. The van der Waals surface area contributed by atoms with E-state index in [1.807, 2.05) is 0 Å². The van der Waals surface area contributed by atoms with Gasteiger partial charge in [-0.15, -0.1) is 0 Å². The Bertz CT molecular complexity index is 945. The van der Waals surface area contributed by atoms with Gasteiger partial charge >= 0.3 is 0 Å². The lowest BCUT2D eigenvalue weighted by Gasteiger charge is -2.14. The van der Waals surface area contributed by atoms with Crippen molar-refractivity contribution < 1.29 is 19.4 Å². The molecule has 1 aliphatic heterocycles. The summed E-state index contributed by atoms with van der Waals surface area (Å²) >= 11 is 12.3. The van der Waals surface area contributed by atoms with Crippen LogP contribution in [0.2, 0.25) is 5.15 Å². The van der Waals surface area contributed by atoms with Crippen LogP contribution in [0.1, 0.15) is 5.56 Å². The van der Waals surface area contributed by atoms with Gasteiger partial charge in [0.05, 0.1) is 30.0 Å². The lowest BCUT2D eigenvalue weighted by atomic mass is 10.1. The second-order valence-electron chi connectivity index (χ2n) is 5.07. The zero-order valence-corrected chi connectivity index (χ0v) is 15.2. The Morgan fingerprint density at radius 1 is 1.48 bits per heavy atom. The lowest BCUT2D eigenvalue weighted by Crippen LogP contribution is -2.40. The summed E-state index contributed by atoms with van der Waals surface area (Å²) in [7, 11) is 1.56. The van der Waals surface area contributed by atoms with Crippen molar-refractivity contribution in [2.24, 2.45) is 0 Å². The molecule has 6 nitrogen and oxygen atoms in total. The highest BCUT2D eigenvalue weighted by Crippen LogP contribution is 2.34. The number of rotatable bonds is 4. The number of hydrogen-bond acceptors (Lipinski definition) is 7. The molecule has 0 atom stereocenters. The van der Waals surface area contributed by atoms with Crippen molar-refractivity contribution in [3.63, 3.8) is 0 Å². The summed E-state index contributed by atoms with van der Waals surface area (Å²) in [5, 5.41) is 11.8. The van der Waals surface area contributed by atoms with E-state index in [1.54, 1.807) is 37.5 Å². The molecule has 1 saturated heterocycles. The first-order valence-electron chi connectivity index (χ1n) is 6.98. The van der Waals surface area contributed by atoms with Crippen LogP contribution in [0.4, 0.5) is 0 Å². The summed E-state index contributed by atoms with van der Waals surface area (Å²) in [5.74, 6) is -1.21. The van der Waals surface area contributed by atoms with Gasteiger partial charge in [-0.1, -0.05) is 35.6 Å². The lowest BCUT2D eigenvalue weighted by molar-refractivity contribution is -0.305. The topological polar surface area (TPSA) is 82.6 Å². The van der Waals surface area contributed by atoms with Crippen LogP contribution in [0, 0.1) is 0 Å². The number of benzene rings is 1. The molecule has 1 aromatic carbocycles. The second-order valence-corrected chi connectivity index (χ2v) is 7.10. The summed E-state index contributed by atoms with van der Waals surface area (Å²) in [6, 6.07) is 7.13.